The number of carbonyl (C=O) groups is 2. The summed E-state index contributed by atoms with van der Waals surface area (Å²) in [5.74, 6) is -1.16. The first-order chi connectivity index (χ1) is 13.8. The second-order valence-corrected chi connectivity index (χ2v) is 9.25. The highest BCUT2D eigenvalue weighted by Crippen LogP contribution is 2.37. The van der Waals surface area contributed by atoms with Crippen LogP contribution in [0, 0.1) is 12.8 Å². The highest BCUT2D eigenvalue weighted by atomic mass is 32.2. The van der Waals surface area contributed by atoms with Crippen LogP contribution in [-0.2, 0) is 14.8 Å². The fourth-order valence-electron chi connectivity index (χ4n) is 3.77. The van der Waals surface area contributed by atoms with Crippen LogP contribution in [0.4, 0.5) is 0 Å². The Kier molecular flexibility index (Phi) is 4.76. The topological polar surface area (TPSA) is 86.8 Å². The average Bonchev–Trinajstić information content (AvgIpc) is 3.25. The summed E-state index contributed by atoms with van der Waals surface area (Å²) in [6, 6.07) is 14.7. The normalized spacial score (nSPS) is 22.0. The molecule has 0 saturated carbocycles. The van der Waals surface area contributed by atoms with Gasteiger partial charge in [-0.3, -0.25) is 15.0 Å². The zero-order chi connectivity index (χ0) is 20.8. The Morgan fingerprint density at radius 2 is 1.72 bits per heavy atom. The second kappa shape index (κ2) is 7.13. The number of hydrogen-bond donors (Lipinski definition) is 1. The number of amides is 2. The number of rotatable bonds is 4. The lowest BCUT2D eigenvalue weighted by atomic mass is 10.0. The van der Waals surface area contributed by atoms with Crippen molar-refractivity contribution in [3.05, 3.63) is 77.9 Å². The summed E-state index contributed by atoms with van der Waals surface area (Å²) in [7, 11) is -3.70. The number of hydrogen-bond acceptors (Lipinski definition) is 4. The van der Waals surface area contributed by atoms with Crippen molar-refractivity contribution < 1.29 is 18.0 Å². The zero-order valence-electron chi connectivity index (χ0n) is 15.9. The smallest absolute Gasteiger partial charge is 0.268 e. The number of aryl methyl sites for hydroxylation is 1. The molecule has 2 heterocycles. The van der Waals surface area contributed by atoms with E-state index in [0.717, 1.165) is 5.56 Å². The predicted molar refractivity (Wildman–Crippen MR) is 107 cm³/mol. The molecule has 2 aliphatic heterocycles. The van der Waals surface area contributed by atoms with Crippen LogP contribution < -0.4 is 5.43 Å². The third kappa shape index (κ3) is 3.34. The van der Waals surface area contributed by atoms with Crippen LogP contribution in [-0.4, -0.2) is 48.7 Å². The Morgan fingerprint density at radius 1 is 1.07 bits per heavy atom. The molecule has 2 aromatic rings. The second-order valence-electron chi connectivity index (χ2n) is 7.32. The van der Waals surface area contributed by atoms with Crippen LogP contribution in [0.5, 0.6) is 0 Å². The molecule has 4 rings (SSSR count). The van der Waals surface area contributed by atoms with E-state index >= 15 is 0 Å². The summed E-state index contributed by atoms with van der Waals surface area (Å²) < 4.78 is 27.4. The molecule has 2 atom stereocenters. The molecule has 0 aliphatic carbocycles. The number of nitrogens with zero attached hydrogens (tertiary/aromatic N) is 2. The van der Waals surface area contributed by atoms with Gasteiger partial charge in [-0.1, -0.05) is 42.5 Å². The van der Waals surface area contributed by atoms with E-state index in [9.17, 15) is 18.0 Å². The summed E-state index contributed by atoms with van der Waals surface area (Å²) in [6.45, 7) is 5.99. The molecule has 0 bridgehead atoms. The fourth-order valence-corrected chi connectivity index (χ4v) is 5.26. The van der Waals surface area contributed by atoms with Gasteiger partial charge in [0.25, 0.3) is 11.8 Å². The minimum absolute atomic E-state index is 0.0979. The molecule has 8 heteroatoms. The summed E-state index contributed by atoms with van der Waals surface area (Å²) >= 11 is 0. The molecular weight excluding hydrogens is 390 g/mol. The van der Waals surface area contributed by atoms with Crippen molar-refractivity contribution in [2.45, 2.75) is 17.9 Å². The van der Waals surface area contributed by atoms with Gasteiger partial charge in [-0.15, -0.1) is 0 Å². The van der Waals surface area contributed by atoms with Gasteiger partial charge in [-0.25, -0.2) is 13.4 Å². The van der Waals surface area contributed by atoms with Crippen molar-refractivity contribution in [1.82, 2.24) is 14.7 Å². The van der Waals surface area contributed by atoms with Gasteiger partial charge in [-0.2, -0.15) is 4.31 Å². The first-order valence-electron chi connectivity index (χ1n) is 9.24. The van der Waals surface area contributed by atoms with Crippen LogP contribution in [0.3, 0.4) is 0 Å². The number of hydrazine groups is 1. The van der Waals surface area contributed by atoms with Gasteiger partial charge < -0.3 is 0 Å². The molecule has 0 radical (unpaired) electrons. The van der Waals surface area contributed by atoms with Crippen LogP contribution in [0.25, 0.3) is 0 Å². The molecule has 0 unspecified atom stereocenters. The molecule has 7 nitrogen and oxygen atoms in total. The Bertz CT molecular complexity index is 1080. The Labute approximate surface area is 169 Å². The van der Waals surface area contributed by atoms with E-state index in [4.69, 9.17) is 0 Å². The first-order valence-corrected chi connectivity index (χ1v) is 10.7. The van der Waals surface area contributed by atoms with E-state index in [-0.39, 0.29) is 29.8 Å². The molecule has 2 amide bonds. The highest BCUT2D eigenvalue weighted by molar-refractivity contribution is 7.89. The quantitative estimate of drug-likeness (QED) is 0.777. The lowest BCUT2D eigenvalue weighted by Crippen LogP contribution is -2.50. The van der Waals surface area contributed by atoms with Gasteiger partial charge in [0.05, 0.1) is 10.9 Å². The average molecular weight is 411 g/mol. The molecule has 0 spiro atoms. The van der Waals surface area contributed by atoms with Crippen molar-refractivity contribution in [3.8, 4) is 0 Å². The molecule has 29 heavy (non-hydrogen) atoms. The molecule has 2 aliphatic rings. The van der Waals surface area contributed by atoms with Crippen molar-refractivity contribution >= 4 is 21.8 Å². The fraction of sp³-hybridized carbons (Fsp3) is 0.238. The van der Waals surface area contributed by atoms with E-state index in [2.05, 4.69) is 12.0 Å². The van der Waals surface area contributed by atoms with Crippen molar-refractivity contribution in [3.63, 3.8) is 0 Å². The third-order valence-electron chi connectivity index (χ3n) is 5.44. The summed E-state index contributed by atoms with van der Waals surface area (Å²) in [5, 5.41) is 1.23. The van der Waals surface area contributed by atoms with Crippen LogP contribution in [0.15, 0.2) is 71.6 Å². The Hall–Kier alpha value is -2.97. The predicted octanol–water partition coefficient (Wildman–Crippen LogP) is 1.73. The highest BCUT2D eigenvalue weighted by Gasteiger charge is 2.51. The molecule has 1 N–H and O–H groups in total. The van der Waals surface area contributed by atoms with Crippen LogP contribution in [0.1, 0.15) is 15.9 Å². The maximum absolute atomic E-state index is 13.0. The standard InChI is InChI=1S/C21H21N3O4S/c1-14-8-10-17(11-9-14)29(27,28)23-12-18-15(2)21(26)24(19(18)13-23)22-20(25)16-6-4-3-5-7-16/h3-11,18-19H,2,12-13H2,1H3,(H,22,25)/t18-,19-/m1/s1. The van der Waals surface area contributed by atoms with E-state index in [1.54, 1.807) is 54.6 Å². The Balaban J connectivity index is 1.56. The minimum atomic E-state index is -3.70. The zero-order valence-corrected chi connectivity index (χ0v) is 16.7. The Morgan fingerprint density at radius 3 is 2.38 bits per heavy atom. The lowest BCUT2D eigenvalue weighted by molar-refractivity contribution is -0.128. The first kappa shape index (κ1) is 19.4. The van der Waals surface area contributed by atoms with E-state index in [1.807, 2.05) is 6.92 Å². The number of carbonyl (C=O) groups excluding carboxylic acids is 2. The molecule has 0 aromatic heterocycles. The molecule has 150 valence electrons. The summed E-state index contributed by atoms with van der Waals surface area (Å²) in [6.07, 6.45) is 0. The summed E-state index contributed by atoms with van der Waals surface area (Å²) in [4.78, 5) is 25.3. The van der Waals surface area contributed by atoms with E-state index < -0.39 is 22.0 Å². The van der Waals surface area contributed by atoms with E-state index in [0.29, 0.717) is 11.1 Å². The van der Waals surface area contributed by atoms with Crippen molar-refractivity contribution in [1.29, 1.82) is 0 Å². The largest absolute Gasteiger partial charge is 0.269 e. The molecular formula is C21H21N3O4S. The number of sulfonamides is 1. The number of fused-ring (bicyclic) bond motifs is 1. The lowest BCUT2D eigenvalue weighted by Gasteiger charge is -2.25. The van der Waals surface area contributed by atoms with Crippen molar-refractivity contribution in [2.24, 2.45) is 5.92 Å². The third-order valence-corrected chi connectivity index (χ3v) is 7.29. The van der Waals surface area contributed by atoms with Gasteiger partial charge in [0, 0.05) is 30.1 Å². The molecule has 2 fully saturated rings. The van der Waals surface area contributed by atoms with Gasteiger partial charge in [0.2, 0.25) is 10.0 Å². The van der Waals surface area contributed by atoms with Gasteiger partial charge in [0.15, 0.2) is 0 Å². The minimum Gasteiger partial charge on any atom is -0.268 e. The molecule has 2 saturated heterocycles. The van der Waals surface area contributed by atoms with Crippen molar-refractivity contribution in [2.75, 3.05) is 13.1 Å². The maximum Gasteiger partial charge on any atom is 0.269 e. The van der Waals surface area contributed by atoms with Crippen LogP contribution in [0.2, 0.25) is 0 Å². The summed E-state index contributed by atoms with van der Waals surface area (Å²) in [5.41, 5.74) is 4.32. The number of nitrogens with one attached hydrogen (secondary N) is 1. The van der Waals surface area contributed by atoms with Crippen LogP contribution >= 0.6 is 0 Å². The monoisotopic (exact) mass is 411 g/mol. The number of benzene rings is 2. The van der Waals surface area contributed by atoms with Gasteiger partial charge in [0.1, 0.15) is 0 Å². The molecule has 2 aromatic carbocycles. The van der Waals surface area contributed by atoms with E-state index in [1.165, 1.54) is 9.31 Å². The van der Waals surface area contributed by atoms with Gasteiger partial charge in [-0.05, 0) is 31.2 Å². The maximum atomic E-state index is 13.0. The SMILES string of the molecule is C=C1C(=O)N(NC(=O)c2ccccc2)[C@@H]2CN(S(=O)(=O)c3ccc(C)cc3)C[C@H]12. The van der Waals surface area contributed by atoms with Gasteiger partial charge >= 0.3 is 0 Å².